The number of carbonyl (C=O) groups is 2. The number of fused-ring (bicyclic) bond motifs is 1. The zero-order chi connectivity index (χ0) is 17.1. The number of nitrogens with one attached hydrogen (secondary N) is 1. The summed E-state index contributed by atoms with van der Waals surface area (Å²) in [5.74, 6) is -1.06. The monoisotopic (exact) mass is 339 g/mol. The molecule has 1 amide bonds. The highest BCUT2D eigenvalue weighted by Crippen LogP contribution is 2.27. The van der Waals surface area contributed by atoms with Crippen molar-refractivity contribution >= 4 is 33.4 Å². The molecule has 9 heteroatoms. The van der Waals surface area contributed by atoms with Gasteiger partial charge in [-0.2, -0.15) is 0 Å². The van der Waals surface area contributed by atoms with E-state index < -0.39 is 11.5 Å². The molecular formula is C14H17N3O5S. The van der Waals surface area contributed by atoms with Gasteiger partial charge in [0.25, 0.3) is 5.56 Å². The minimum atomic E-state index is -1.09. The standard InChI is InChI=1S/C14H17N3O5S/c1-7-10-12(23-11(7)14(20)21)16-8(2)17(13(10)19)6-9(18)15-4-5-22-3/h4-6H2,1-3H3,(H,15,18)(H,20,21). The number of hydrogen-bond acceptors (Lipinski definition) is 6. The van der Waals surface area contributed by atoms with Gasteiger partial charge < -0.3 is 15.2 Å². The van der Waals surface area contributed by atoms with Crippen LogP contribution in [0.2, 0.25) is 0 Å². The van der Waals surface area contributed by atoms with Crippen LogP contribution < -0.4 is 10.9 Å². The molecule has 2 rings (SSSR count). The van der Waals surface area contributed by atoms with Crippen LogP contribution in [0.25, 0.3) is 10.2 Å². The van der Waals surface area contributed by atoms with Crippen LogP contribution in [0.4, 0.5) is 0 Å². The lowest BCUT2D eigenvalue weighted by molar-refractivity contribution is -0.121. The number of carboxylic acid groups (broad SMARTS) is 1. The molecule has 2 N–H and O–H groups in total. The maximum atomic E-state index is 12.6. The number of nitrogens with zero attached hydrogens (tertiary/aromatic N) is 2. The first-order valence-corrected chi connectivity index (χ1v) is 7.68. The Hall–Kier alpha value is -2.26. The fraction of sp³-hybridized carbons (Fsp3) is 0.429. The number of rotatable bonds is 6. The number of carbonyl (C=O) groups excluding carboxylic acids is 1. The van der Waals surface area contributed by atoms with Gasteiger partial charge in [-0.25, -0.2) is 9.78 Å². The average molecular weight is 339 g/mol. The van der Waals surface area contributed by atoms with E-state index in [1.165, 1.54) is 11.7 Å². The van der Waals surface area contributed by atoms with E-state index in [9.17, 15) is 14.4 Å². The molecule has 0 saturated heterocycles. The molecule has 2 aromatic rings. The minimum absolute atomic E-state index is 0.0892. The van der Waals surface area contributed by atoms with Gasteiger partial charge in [0.15, 0.2) is 0 Å². The summed E-state index contributed by atoms with van der Waals surface area (Å²) in [4.78, 5) is 40.4. The van der Waals surface area contributed by atoms with Crippen molar-refractivity contribution in [2.45, 2.75) is 20.4 Å². The van der Waals surface area contributed by atoms with E-state index in [0.717, 1.165) is 11.3 Å². The van der Waals surface area contributed by atoms with Gasteiger partial charge in [0.1, 0.15) is 22.1 Å². The molecule has 0 saturated carbocycles. The van der Waals surface area contributed by atoms with E-state index in [2.05, 4.69) is 10.3 Å². The number of amides is 1. The highest BCUT2D eigenvalue weighted by molar-refractivity contribution is 7.20. The molecule has 8 nitrogen and oxygen atoms in total. The third-order valence-corrected chi connectivity index (χ3v) is 4.54. The molecule has 0 atom stereocenters. The van der Waals surface area contributed by atoms with Crippen LogP contribution in [0.3, 0.4) is 0 Å². The Morgan fingerprint density at radius 1 is 1.39 bits per heavy atom. The minimum Gasteiger partial charge on any atom is -0.477 e. The van der Waals surface area contributed by atoms with Gasteiger partial charge in [-0.05, 0) is 19.4 Å². The van der Waals surface area contributed by atoms with Crippen LogP contribution in [0.15, 0.2) is 4.79 Å². The number of thiophene rings is 1. The summed E-state index contributed by atoms with van der Waals surface area (Å²) < 4.78 is 6.08. The van der Waals surface area contributed by atoms with E-state index in [-0.39, 0.29) is 22.7 Å². The predicted molar refractivity (Wildman–Crippen MR) is 85.2 cm³/mol. The Labute approximate surface area is 135 Å². The first kappa shape index (κ1) is 17.1. The lowest BCUT2D eigenvalue weighted by atomic mass is 10.2. The maximum absolute atomic E-state index is 12.6. The van der Waals surface area contributed by atoms with E-state index in [1.807, 2.05) is 0 Å². The molecule has 0 radical (unpaired) electrons. The lowest BCUT2D eigenvalue weighted by Gasteiger charge is -2.10. The maximum Gasteiger partial charge on any atom is 0.346 e. The molecular weight excluding hydrogens is 322 g/mol. The molecule has 0 aromatic carbocycles. The summed E-state index contributed by atoms with van der Waals surface area (Å²) in [6.07, 6.45) is 0. The zero-order valence-electron chi connectivity index (χ0n) is 13.0. The molecule has 0 fully saturated rings. The van der Waals surface area contributed by atoms with Crippen molar-refractivity contribution in [3.05, 3.63) is 26.6 Å². The fourth-order valence-electron chi connectivity index (χ4n) is 2.20. The van der Waals surface area contributed by atoms with Gasteiger partial charge in [-0.15, -0.1) is 11.3 Å². The van der Waals surface area contributed by atoms with Crippen LogP contribution in [0.5, 0.6) is 0 Å². The van der Waals surface area contributed by atoms with Crippen molar-refractivity contribution in [3.63, 3.8) is 0 Å². The smallest absolute Gasteiger partial charge is 0.346 e. The van der Waals surface area contributed by atoms with Crippen molar-refractivity contribution in [2.75, 3.05) is 20.3 Å². The second kappa shape index (κ2) is 6.88. The largest absolute Gasteiger partial charge is 0.477 e. The summed E-state index contributed by atoms with van der Waals surface area (Å²) in [5, 5.41) is 12.0. The number of aromatic carboxylic acids is 1. The van der Waals surface area contributed by atoms with E-state index in [0.29, 0.717) is 29.4 Å². The van der Waals surface area contributed by atoms with Crippen molar-refractivity contribution in [1.82, 2.24) is 14.9 Å². The Kier molecular flexibility index (Phi) is 5.12. The van der Waals surface area contributed by atoms with Gasteiger partial charge in [-0.1, -0.05) is 0 Å². The number of carboxylic acids is 1. The Morgan fingerprint density at radius 3 is 2.70 bits per heavy atom. The second-order valence-electron chi connectivity index (χ2n) is 4.93. The van der Waals surface area contributed by atoms with Crippen LogP contribution >= 0.6 is 11.3 Å². The second-order valence-corrected chi connectivity index (χ2v) is 5.93. The number of aryl methyl sites for hydroxylation is 2. The topological polar surface area (TPSA) is 111 Å². The Morgan fingerprint density at radius 2 is 2.09 bits per heavy atom. The zero-order valence-corrected chi connectivity index (χ0v) is 13.8. The van der Waals surface area contributed by atoms with Gasteiger partial charge in [0.05, 0.1) is 12.0 Å². The van der Waals surface area contributed by atoms with Crippen molar-refractivity contribution in [3.8, 4) is 0 Å². The molecule has 2 heterocycles. The number of aromatic nitrogens is 2. The SMILES string of the molecule is COCCNC(=O)Cn1c(C)nc2sc(C(=O)O)c(C)c2c1=O. The first-order chi connectivity index (χ1) is 10.9. The fourth-order valence-corrected chi connectivity index (χ4v) is 3.26. The molecule has 0 unspecified atom stereocenters. The van der Waals surface area contributed by atoms with Crippen molar-refractivity contribution in [1.29, 1.82) is 0 Å². The summed E-state index contributed by atoms with van der Waals surface area (Å²) >= 11 is 0.964. The molecule has 0 bridgehead atoms. The van der Waals surface area contributed by atoms with Crippen molar-refractivity contribution < 1.29 is 19.4 Å². The summed E-state index contributed by atoms with van der Waals surface area (Å²) in [6.45, 7) is 3.74. The van der Waals surface area contributed by atoms with Crippen LogP contribution in [-0.4, -0.2) is 46.8 Å². The molecule has 0 aliphatic heterocycles. The third-order valence-electron chi connectivity index (χ3n) is 3.37. The predicted octanol–water partition coefficient (Wildman–Crippen LogP) is 0.536. The van der Waals surface area contributed by atoms with Gasteiger partial charge in [-0.3, -0.25) is 14.2 Å². The number of hydrogen-bond donors (Lipinski definition) is 2. The van der Waals surface area contributed by atoms with E-state index in [1.54, 1.807) is 13.8 Å². The average Bonchev–Trinajstić information content (AvgIpc) is 2.80. The summed E-state index contributed by atoms with van der Waals surface area (Å²) in [7, 11) is 1.53. The lowest BCUT2D eigenvalue weighted by Crippen LogP contribution is -2.35. The Bertz CT molecular complexity index is 824. The van der Waals surface area contributed by atoms with Gasteiger partial charge in [0, 0.05) is 13.7 Å². The van der Waals surface area contributed by atoms with E-state index >= 15 is 0 Å². The van der Waals surface area contributed by atoms with Gasteiger partial charge in [0.2, 0.25) is 5.91 Å². The number of ether oxygens (including phenoxy) is 1. The molecule has 0 aliphatic carbocycles. The summed E-state index contributed by atoms with van der Waals surface area (Å²) in [5.41, 5.74) is -0.0285. The molecule has 0 aliphatic rings. The first-order valence-electron chi connectivity index (χ1n) is 6.86. The molecule has 23 heavy (non-hydrogen) atoms. The normalized spacial score (nSPS) is 10.9. The highest BCUT2D eigenvalue weighted by Gasteiger charge is 2.20. The molecule has 0 spiro atoms. The van der Waals surface area contributed by atoms with Crippen LogP contribution in [0, 0.1) is 13.8 Å². The molecule has 2 aromatic heterocycles. The summed E-state index contributed by atoms with van der Waals surface area (Å²) in [6, 6.07) is 0. The van der Waals surface area contributed by atoms with Crippen LogP contribution in [0.1, 0.15) is 21.1 Å². The van der Waals surface area contributed by atoms with Crippen molar-refractivity contribution in [2.24, 2.45) is 0 Å². The Balaban J connectivity index is 2.41. The number of methoxy groups -OCH3 is 1. The highest BCUT2D eigenvalue weighted by atomic mass is 32.1. The third kappa shape index (κ3) is 3.40. The quantitative estimate of drug-likeness (QED) is 0.743. The molecule has 124 valence electrons. The van der Waals surface area contributed by atoms with Gasteiger partial charge >= 0.3 is 5.97 Å². The van der Waals surface area contributed by atoms with E-state index in [4.69, 9.17) is 9.84 Å². The van der Waals surface area contributed by atoms with Crippen LogP contribution in [-0.2, 0) is 16.1 Å².